The summed E-state index contributed by atoms with van der Waals surface area (Å²) >= 11 is 0. The molecule has 3 aromatic rings. The van der Waals surface area contributed by atoms with Crippen LogP contribution in [0.4, 0.5) is 4.39 Å². The summed E-state index contributed by atoms with van der Waals surface area (Å²) in [6.07, 6.45) is 1.63. The van der Waals surface area contributed by atoms with Gasteiger partial charge in [0.15, 0.2) is 5.82 Å². The lowest BCUT2D eigenvalue weighted by Crippen LogP contribution is -2.47. The van der Waals surface area contributed by atoms with Crippen molar-refractivity contribution in [2.45, 2.75) is 26.6 Å². The topological polar surface area (TPSA) is 111 Å². The average molecular weight is 455 g/mol. The number of amides is 1. The van der Waals surface area contributed by atoms with Gasteiger partial charge in [0.25, 0.3) is 0 Å². The van der Waals surface area contributed by atoms with Crippen molar-refractivity contribution in [2.75, 3.05) is 26.9 Å². The molecule has 0 saturated carbocycles. The van der Waals surface area contributed by atoms with Crippen LogP contribution in [0.1, 0.15) is 32.4 Å². The number of carbonyl (C=O) groups is 1. The Morgan fingerprint density at radius 3 is 2.64 bits per heavy atom. The summed E-state index contributed by atoms with van der Waals surface area (Å²) < 4.78 is 30.8. The van der Waals surface area contributed by atoms with E-state index in [1.165, 1.54) is 12.1 Å². The fourth-order valence-corrected chi connectivity index (χ4v) is 3.45. The molecule has 2 aromatic heterocycles. The van der Waals surface area contributed by atoms with E-state index < -0.39 is 11.7 Å². The van der Waals surface area contributed by atoms with Crippen LogP contribution in [0.2, 0.25) is 0 Å². The van der Waals surface area contributed by atoms with Gasteiger partial charge in [0.2, 0.25) is 12.2 Å². The van der Waals surface area contributed by atoms with Crippen LogP contribution in [0.25, 0.3) is 22.6 Å². The Balaban J connectivity index is 1.68. The first-order valence-corrected chi connectivity index (χ1v) is 10.7. The lowest BCUT2D eigenvalue weighted by atomic mass is 9.91. The number of nitrogens with one attached hydrogen (secondary N) is 2. The molecule has 33 heavy (non-hydrogen) atoms. The summed E-state index contributed by atoms with van der Waals surface area (Å²) in [6.45, 7) is 4.61. The molecule has 1 aromatic carbocycles. The predicted molar refractivity (Wildman–Crippen MR) is 118 cm³/mol. The summed E-state index contributed by atoms with van der Waals surface area (Å²) in [4.78, 5) is 28.7. The fraction of sp³-hybridized carbons (Fsp3) is 0.391. The third kappa shape index (κ3) is 4.86. The molecule has 1 amide bonds. The van der Waals surface area contributed by atoms with E-state index in [0.717, 1.165) is 6.42 Å². The lowest BCUT2D eigenvalue weighted by Gasteiger charge is -2.34. The van der Waals surface area contributed by atoms with Gasteiger partial charge in [0, 0.05) is 18.8 Å². The number of carbonyl (C=O) groups excluding carboxylic acids is 1. The predicted octanol–water partition coefficient (Wildman–Crippen LogP) is 3.26. The van der Waals surface area contributed by atoms with E-state index in [-0.39, 0.29) is 30.9 Å². The Morgan fingerprint density at radius 2 is 1.97 bits per heavy atom. The van der Waals surface area contributed by atoms with Crippen LogP contribution in [-0.2, 0) is 14.3 Å². The highest BCUT2D eigenvalue weighted by atomic mass is 19.1. The van der Waals surface area contributed by atoms with Gasteiger partial charge in [-0.25, -0.2) is 14.4 Å². The van der Waals surface area contributed by atoms with Crippen molar-refractivity contribution in [1.29, 1.82) is 0 Å². The van der Waals surface area contributed by atoms with Gasteiger partial charge in [-0.3, -0.25) is 4.79 Å². The number of ether oxygens (including phenoxy) is 3. The minimum Gasteiger partial charge on any atom is -0.463 e. The van der Waals surface area contributed by atoms with Crippen LogP contribution in [0, 0.1) is 11.2 Å². The van der Waals surface area contributed by atoms with Crippen molar-refractivity contribution in [2.24, 2.45) is 5.41 Å². The third-order valence-electron chi connectivity index (χ3n) is 5.27. The summed E-state index contributed by atoms with van der Waals surface area (Å²) in [5.74, 6) is -0.0904. The summed E-state index contributed by atoms with van der Waals surface area (Å²) in [6, 6.07) is 7.99. The average Bonchev–Trinajstić information content (AvgIpc) is 3.28. The highest BCUT2D eigenvalue weighted by Crippen LogP contribution is 2.35. The van der Waals surface area contributed by atoms with E-state index >= 15 is 0 Å². The number of H-pyrrole nitrogens is 1. The van der Waals surface area contributed by atoms with E-state index in [2.05, 4.69) is 25.3 Å². The van der Waals surface area contributed by atoms with Gasteiger partial charge < -0.3 is 24.5 Å². The maximum absolute atomic E-state index is 13.5. The van der Waals surface area contributed by atoms with Crippen molar-refractivity contribution in [1.82, 2.24) is 25.3 Å². The minimum absolute atomic E-state index is 0.159. The van der Waals surface area contributed by atoms with Crippen molar-refractivity contribution >= 4 is 5.91 Å². The van der Waals surface area contributed by atoms with Crippen LogP contribution in [0.3, 0.4) is 0 Å². The molecular formula is C23H26FN5O4. The molecule has 0 radical (unpaired) electrons. The van der Waals surface area contributed by atoms with E-state index in [1.807, 2.05) is 6.92 Å². The van der Waals surface area contributed by atoms with Crippen molar-refractivity contribution in [3.8, 4) is 28.7 Å². The summed E-state index contributed by atoms with van der Waals surface area (Å²) in [7, 11) is 1.58. The van der Waals surface area contributed by atoms with Crippen molar-refractivity contribution in [3.63, 3.8) is 0 Å². The first kappa shape index (κ1) is 22.8. The maximum atomic E-state index is 13.5. The smallest absolute Gasteiger partial charge is 0.316 e. The van der Waals surface area contributed by atoms with E-state index in [9.17, 15) is 9.18 Å². The number of hydrogen-bond acceptors (Lipinski definition) is 7. The molecule has 1 fully saturated rings. The van der Waals surface area contributed by atoms with E-state index in [4.69, 9.17) is 14.2 Å². The van der Waals surface area contributed by atoms with Crippen LogP contribution >= 0.6 is 0 Å². The van der Waals surface area contributed by atoms with Gasteiger partial charge in [0.1, 0.15) is 5.82 Å². The second-order valence-electron chi connectivity index (χ2n) is 8.02. The molecule has 0 spiro atoms. The second-order valence-corrected chi connectivity index (χ2v) is 8.02. The van der Waals surface area contributed by atoms with Gasteiger partial charge in [-0.05, 0) is 43.7 Å². The highest BCUT2D eigenvalue weighted by Gasteiger charge is 2.40. The first-order valence-electron chi connectivity index (χ1n) is 10.7. The number of halogens is 1. The molecule has 1 aliphatic rings. The molecule has 0 aliphatic carbocycles. The molecule has 0 unspecified atom stereocenters. The van der Waals surface area contributed by atoms with Gasteiger partial charge >= 0.3 is 6.01 Å². The molecule has 0 bridgehead atoms. The molecular weight excluding hydrogens is 429 g/mol. The maximum Gasteiger partial charge on any atom is 0.316 e. The van der Waals surface area contributed by atoms with Gasteiger partial charge in [0.05, 0.1) is 42.3 Å². The fourth-order valence-electron chi connectivity index (χ4n) is 3.45. The number of hydrogen-bond donors (Lipinski definition) is 2. The Labute approximate surface area is 190 Å². The Hall–Kier alpha value is -3.37. The zero-order chi connectivity index (χ0) is 23.4. The van der Waals surface area contributed by atoms with Gasteiger partial charge in [-0.2, -0.15) is 4.98 Å². The SMILES string of the molecule is CCCOc1nccc(-c2[nH]c(C3OCC(C)(C(=O)NC)CO3)nc2-c2ccc(F)cc2)n1. The molecule has 10 heteroatoms. The molecule has 2 N–H and O–H groups in total. The molecule has 3 heterocycles. The molecule has 174 valence electrons. The van der Waals surface area contributed by atoms with Crippen LogP contribution < -0.4 is 10.1 Å². The summed E-state index contributed by atoms with van der Waals surface area (Å²) in [5, 5.41) is 2.63. The highest BCUT2D eigenvalue weighted by molar-refractivity contribution is 5.82. The number of imidazole rings is 1. The zero-order valence-corrected chi connectivity index (χ0v) is 18.7. The number of aromatic nitrogens is 4. The Kier molecular flexibility index (Phi) is 6.66. The van der Waals surface area contributed by atoms with E-state index in [1.54, 1.807) is 38.4 Å². The van der Waals surface area contributed by atoms with Crippen LogP contribution in [-0.4, -0.2) is 52.7 Å². The standard InChI is InChI=1S/C23H26FN5O4/c1-4-11-31-22-26-10-9-16(27-22)18-17(14-5-7-15(24)8-6-14)28-19(29-18)20-32-12-23(2,13-33-20)21(30)25-3/h5-10,20H,4,11-13H2,1-3H3,(H,25,30)(H,28,29). The third-order valence-corrected chi connectivity index (χ3v) is 5.27. The number of aromatic amines is 1. The van der Waals surface area contributed by atoms with Crippen LogP contribution in [0.15, 0.2) is 36.5 Å². The van der Waals surface area contributed by atoms with E-state index in [0.29, 0.717) is 35.1 Å². The quantitative estimate of drug-likeness (QED) is 0.562. The Bertz CT molecular complexity index is 1110. The van der Waals surface area contributed by atoms with Crippen LogP contribution in [0.5, 0.6) is 6.01 Å². The minimum atomic E-state index is -0.798. The van der Waals surface area contributed by atoms with Crippen molar-refractivity contribution < 1.29 is 23.4 Å². The van der Waals surface area contributed by atoms with Gasteiger partial charge in [-0.15, -0.1) is 0 Å². The Morgan fingerprint density at radius 1 is 1.24 bits per heavy atom. The number of nitrogens with zero attached hydrogens (tertiary/aromatic N) is 3. The molecule has 0 atom stereocenters. The largest absolute Gasteiger partial charge is 0.463 e. The monoisotopic (exact) mass is 455 g/mol. The zero-order valence-electron chi connectivity index (χ0n) is 18.7. The number of benzene rings is 1. The first-order chi connectivity index (χ1) is 15.9. The lowest BCUT2D eigenvalue weighted by molar-refractivity contribution is -0.230. The molecule has 9 nitrogen and oxygen atoms in total. The summed E-state index contributed by atoms with van der Waals surface area (Å²) in [5.41, 5.74) is 1.59. The molecule has 1 saturated heterocycles. The normalized spacial score (nSPS) is 20.4. The molecule has 4 rings (SSSR count). The molecule has 1 aliphatic heterocycles. The number of rotatable bonds is 7. The second kappa shape index (κ2) is 9.63. The van der Waals surface area contributed by atoms with Crippen molar-refractivity contribution in [3.05, 3.63) is 48.2 Å². The van der Waals surface area contributed by atoms with Gasteiger partial charge in [-0.1, -0.05) is 6.92 Å².